The number of ether oxygens (including phenoxy) is 2. The standard InChI is InChI=1S/C21H26N2O5S/c1-27-18-9-11-19(12-10-18)28-17-5-8-21(24)22-13-15-23(16-14-22)29(25,26)20-6-3-2-4-7-20/h2-4,6-7,9-12H,5,8,13-17H2,1H3. The summed E-state index contributed by atoms with van der Waals surface area (Å²) in [5, 5.41) is 0. The summed E-state index contributed by atoms with van der Waals surface area (Å²) in [6.45, 7) is 1.88. The molecule has 1 fully saturated rings. The fourth-order valence-corrected chi connectivity index (χ4v) is 4.61. The highest BCUT2D eigenvalue weighted by atomic mass is 32.2. The molecule has 0 bridgehead atoms. The Morgan fingerprint density at radius 1 is 0.931 bits per heavy atom. The zero-order chi connectivity index (χ0) is 20.7. The van der Waals surface area contributed by atoms with E-state index in [-0.39, 0.29) is 10.8 Å². The van der Waals surface area contributed by atoms with Gasteiger partial charge < -0.3 is 14.4 Å². The monoisotopic (exact) mass is 418 g/mol. The van der Waals surface area contributed by atoms with E-state index in [4.69, 9.17) is 9.47 Å². The number of carbonyl (C=O) groups is 1. The minimum Gasteiger partial charge on any atom is -0.497 e. The number of nitrogens with zero attached hydrogens (tertiary/aromatic N) is 2. The van der Waals surface area contributed by atoms with Crippen LogP contribution in [0.3, 0.4) is 0 Å². The topological polar surface area (TPSA) is 76.2 Å². The van der Waals surface area contributed by atoms with Crippen molar-refractivity contribution in [2.45, 2.75) is 17.7 Å². The van der Waals surface area contributed by atoms with Crippen LogP contribution in [0.5, 0.6) is 11.5 Å². The van der Waals surface area contributed by atoms with Crippen LogP contribution in [0.25, 0.3) is 0 Å². The number of hydrogen-bond donors (Lipinski definition) is 0. The summed E-state index contributed by atoms with van der Waals surface area (Å²) < 4.78 is 37.5. The lowest BCUT2D eigenvalue weighted by atomic mass is 10.2. The van der Waals surface area contributed by atoms with E-state index in [1.165, 1.54) is 4.31 Å². The number of rotatable bonds is 8. The molecule has 29 heavy (non-hydrogen) atoms. The van der Waals surface area contributed by atoms with Crippen molar-refractivity contribution in [3.05, 3.63) is 54.6 Å². The van der Waals surface area contributed by atoms with Gasteiger partial charge in [0.05, 0.1) is 18.6 Å². The third-order valence-corrected chi connectivity index (χ3v) is 6.75. The van der Waals surface area contributed by atoms with E-state index in [1.807, 2.05) is 24.3 Å². The normalized spacial score (nSPS) is 15.1. The smallest absolute Gasteiger partial charge is 0.243 e. The lowest BCUT2D eigenvalue weighted by Gasteiger charge is -2.34. The predicted molar refractivity (Wildman–Crippen MR) is 110 cm³/mol. The van der Waals surface area contributed by atoms with Crippen LogP contribution in [-0.2, 0) is 14.8 Å². The number of sulfonamides is 1. The molecule has 1 aliphatic heterocycles. The van der Waals surface area contributed by atoms with E-state index in [1.54, 1.807) is 42.3 Å². The number of amides is 1. The molecule has 2 aromatic carbocycles. The molecular formula is C21H26N2O5S. The Balaban J connectivity index is 1.40. The van der Waals surface area contributed by atoms with Gasteiger partial charge in [0.15, 0.2) is 0 Å². The second-order valence-corrected chi connectivity index (χ2v) is 8.66. The van der Waals surface area contributed by atoms with E-state index in [2.05, 4.69) is 0 Å². The maximum atomic E-state index is 12.6. The highest BCUT2D eigenvalue weighted by Gasteiger charge is 2.29. The molecule has 0 spiro atoms. The second-order valence-electron chi connectivity index (χ2n) is 6.73. The van der Waals surface area contributed by atoms with E-state index < -0.39 is 10.0 Å². The molecule has 0 N–H and O–H groups in total. The third-order valence-electron chi connectivity index (χ3n) is 4.84. The lowest BCUT2D eigenvalue weighted by molar-refractivity contribution is -0.132. The lowest BCUT2D eigenvalue weighted by Crippen LogP contribution is -2.50. The Kier molecular flexibility index (Phi) is 7.11. The van der Waals surface area contributed by atoms with Gasteiger partial charge in [-0.15, -0.1) is 0 Å². The van der Waals surface area contributed by atoms with Crippen LogP contribution in [0.15, 0.2) is 59.5 Å². The van der Waals surface area contributed by atoms with Crippen LogP contribution in [0.2, 0.25) is 0 Å². The molecular weight excluding hydrogens is 392 g/mol. The quantitative estimate of drug-likeness (QED) is 0.616. The maximum Gasteiger partial charge on any atom is 0.243 e. The van der Waals surface area contributed by atoms with Gasteiger partial charge in [-0.3, -0.25) is 4.79 Å². The Hall–Kier alpha value is -2.58. The summed E-state index contributed by atoms with van der Waals surface area (Å²) in [7, 11) is -1.89. The minimum atomic E-state index is -3.50. The summed E-state index contributed by atoms with van der Waals surface area (Å²) in [6, 6.07) is 15.7. The van der Waals surface area contributed by atoms with Gasteiger partial charge in [-0.1, -0.05) is 18.2 Å². The predicted octanol–water partition coefficient (Wildman–Crippen LogP) is 2.39. The summed E-state index contributed by atoms with van der Waals surface area (Å²) in [5.41, 5.74) is 0. The summed E-state index contributed by atoms with van der Waals surface area (Å²) in [6.07, 6.45) is 0.981. The van der Waals surface area contributed by atoms with Gasteiger partial charge in [0, 0.05) is 32.6 Å². The molecule has 7 nitrogen and oxygen atoms in total. The van der Waals surface area contributed by atoms with E-state index >= 15 is 0 Å². The Morgan fingerprint density at radius 3 is 2.17 bits per heavy atom. The van der Waals surface area contributed by atoms with E-state index in [9.17, 15) is 13.2 Å². The molecule has 1 amide bonds. The van der Waals surface area contributed by atoms with Crippen molar-refractivity contribution in [2.24, 2.45) is 0 Å². The van der Waals surface area contributed by atoms with Crippen LogP contribution in [0, 0.1) is 0 Å². The van der Waals surface area contributed by atoms with Crippen molar-refractivity contribution in [3.8, 4) is 11.5 Å². The van der Waals surface area contributed by atoms with Crippen molar-refractivity contribution >= 4 is 15.9 Å². The number of piperazine rings is 1. The highest BCUT2D eigenvalue weighted by Crippen LogP contribution is 2.19. The Bertz CT molecular complexity index is 892. The van der Waals surface area contributed by atoms with Gasteiger partial charge in [-0.25, -0.2) is 8.42 Å². The average molecular weight is 419 g/mol. The second kappa shape index (κ2) is 9.76. The van der Waals surface area contributed by atoms with E-state index in [0.717, 1.165) is 11.5 Å². The van der Waals surface area contributed by atoms with Crippen LogP contribution >= 0.6 is 0 Å². The van der Waals surface area contributed by atoms with Crippen LogP contribution in [0.1, 0.15) is 12.8 Å². The van der Waals surface area contributed by atoms with Gasteiger partial charge in [-0.05, 0) is 42.8 Å². The first-order valence-electron chi connectivity index (χ1n) is 9.60. The van der Waals surface area contributed by atoms with Gasteiger partial charge in [0.1, 0.15) is 11.5 Å². The van der Waals surface area contributed by atoms with Crippen molar-refractivity contribution in [3.63, 3.8) is 0 Å². The molecule has 0 aliphatic carbocycles. The Morgan fingerprint density at radius 2 is 1.55 bits per heavy atom. The number of methoxy groups -OCH3 is 1. The van der Waals surface area contributed by atoms with E-state index in [0.29, 0.717) is 45.6 Å². The Labute approximate surface area is 171 Å². The largest absolute Gasteiger partial charge is 0.497 e. The molecule has 2 aromatic rings. The van der Waals surface area contributed by atoms with Crippen LogP contribution in [-0.4, -0.2) is 63.4 Å². The molecule has 1 aliphatic rings. The molecule has 0 saturated carbocycles. The average Bonchev–Trinajstić information content (AvgIpc) is 2.77. The first-order valence-corrected chi connectivity index (χ1v) is 11.0. The molecule has 0 aromatic heterocycles. The minimum absolute atomic E-state index is 0.0279. The zero-order valence-corrected chi connectivity index (χ0v) is 17.3. The SMILES string of the molecule is COc1ccc(OCCCC(=O)N2CCN(S(=O)(=O)c3ccccc3)CC2)cc1. The number of benzene rings is 2. The first kappa shape index (κ1) is 21.1. The van der Waals surface area contributed by atoms with Crippen LogP contribution < -0.4 is 9.47 Å². The number of hydrogen-bond acceptors (Lipinski definition) is 5. The fourth-order valence-electron chi connectivity index (χ4n) is 3.16. The fraction of sp³-hybridized carbons (Fsp3) is 0.381. The molecule has 3 rings (SSSR count). The van der Waals surface area contributed by atoms with Crippen molar-refractivity contribution in [1.29, 1.82) is 0 Å². The van der Waals surface area contributed by atoms with Crippen molar-refractivity contribution < 1.29 is 22.7 Å². The first-order chi connectivity index (χ1) is 14.0. The maximum absolute atomic E-state index is 12.6. The summed E-state index contributed by atoms with van der Waals surface area (Å²) >= 11 is 0. The van der Waals surface area contributed by atoms with Crippen molar-refractivity contribution in [2.75, 3.05) is 39.9 Å². The van der Waals surface area contributed by atoms with Gasteiger partial charge in [0.25, 0.3) is 0 Å². The molecule has 0 radical (unpaired) electrons. The molecule has 1 saturated heterocycles. The third kappa shape index (κ3) is 5.48. The molecule has 156 valence electrons. The summed E-state index contributed by atoms with van der Waals surface area (Å²) in [5.74, 6) is 1.53. The molecule has 0 unspecified atom stereocenters. The highest BCUT2D eigenvalue weighted by molar-refractivity contribution is 7.89. The summed E-state index contributed by atoms with van der Waals surface area (Å²) in [4.78, 5) is 14.4. The molecule has 0 atom stereocenters. The van der Waals surface area contributed by atoms with Crippen LogP contribution in [0.4, 0.5) is 0 Å². The number of carbonyl (C=O) groups excluding carboxylic acids is 1. The van der Waals surface area contributed by atoms with Gasteiger partial charge >= 0.3 is 0 Å². The molecule has 1 heterocycles. The van der Waals surface area contributed by atoms with Gasteiger partial charge in [0.2, 0.25) is 15.9 Å². The molecule has 8 heteroatoms. The van der Waals surface area contributed by atoms with Crippen molar-refractivity contribution in [1.82, 2.24) is 9.21 Å². The van der Waals surface area contributed by atoms with Gasteiger partial charge in [-0.2, -0.15) is 4.31 Å². The zero-order valence-electron chi connectivity index (χ0n) is 16.5.